The van der Waals surface area contributed by atoms with Crippen LogP contribution in [0.4, 0.5) is 0 Å². The lowest BCUT2D eigenvalue weighted by molar-refractivity contribution is -0.130. The summed E-state index contributed by atoms with van der Waals surface area (Å²) in [5, 5.41) is 2.89. The standard InChI is InChI=1S/C9H18N2O.ClH/c1-10-8-9(12)11-6-4-2-3-5-7-11;/h10H,2-8H2,1H3;1H. The summed E-state index contributed by atoms with van der Waals surface area (Å²) in [6.07, 6.45) is 4.91. The van der Waals surface area contributed by atoms with Crippen molar-refractivity contribution in [3.05, 3.63) is 0 Å². The number of amides is 1. The Kier molecular flexibility index (Phi) is 7.00. The van der Waals surface area contributed by atoms with Crippen LogP contribution in [0.15, 0.2) is 0 Å². The first kappa shape index (κ1) is 12.7. The molecular formula is C9H19ClN2O. The zero-order valence-corrected chi connectivity index (χ0v) is 9.03. The van der Waals surface area contributed by atoms with Crippen molar-refractivity contribution >= 4 is 18.3 Å². The summed E-state index contributed by atoms with van der Waals surface area (Å²) in [6.45, 7) is 2.40. The molecule has 0 spiro atoms. The Morgan fingerprint density at radius 1 is 1.23 bits per heavy atom. The fourth-order valence-electron chi connectivity index (χ4n) is 1.58. The van der Waals surface area contributed by atoms with Gasteiger partial charge < -0.3 is 10.2 Å². The predicted molar refractivity (Wildman–Crippen MR) is 56.2 cm³/mol. The Balaban J connectivity index is 0.00000144. The van der Waals surface area contributed by atoms with Gasteiger partial charge in [-0.2, -0.15) is 0 Å². The molecule has 0 aliphatic carbocycles. The third-order valence-corrected chi connectivity index (χ3v) is 2.29. The van der Waals surface area contributed by atoms with E-state index >= 15 is 0 Å². The molecule has 0 radical (unpaired) electrons. The molecule has 1 heterocycles. The lowest BCUT2D eigenvalue weighted by atomic mass is 10.2. The lowest BCUT2D eigenvalue weighted by Gasteiger charge is -2.19. The van der Waals surface area contributed by atoms with Crippen molar-refractivity contribution in [2.24, 2.45) is 0 Å². The minimum absolute atomic E-state index is 0. The van der Waals surface area contributed by atoms with Crippen LogP contribution in [0, 0.1) is 0 Å². The first-order chi connectivity index (χ1) is 5.84. The number of carbonyl (C=O) groups is 1. The predicted octanol–water partition coefficient (Wildman–Crippen LogP) is 1.03. The molecule has 0 aromatic carbocycles. The van der Waals surface area contributed by atoms with E-state index in [0.717, 1.165) is 13.1 Å². The molecule has 1 aliphatic rings. The molecule has 1 fully saturated rings. The van der Waals surface area contributed by atoms with Crippen molar-refractivity contribution in [3.63, 3.8) is 0 Å². The van der Waals surface area contributed by atoms with Gasteiger partial charge in [0.15, 0.2) is 0 Å². The molecule has 1 rings (SSSR count). The summed E-state index contributed by atoms with van der Waals surface area (Å²) in [6, 6.07) is 0. The second-order valence-electron chi connectivity index (χ2n) is 3.33. The van der Waals surface area contributed by atoms with Crippen molar-refractivity contribution in [2.75, 3.05) is 26.7 Å². The van der Waals surface area contributed by atoms with Gasteiger partial charge in [-0.25, -0.2) is 0 Å². The number of halogens is 1. The summed E-state index contributed by atoms with van der Waals surface area (Å²) < 4.78 is 0. The van der Waals surface area contributed by atoms with Gasteiger partial charge in [-0.15, -0.1) is 12.4 Å². The molecule has 1 amide bonds. The van der Waals surface area contributed by atoms with E-state index in [1.165, 1.54) is 25.7 Å². The van der Waals surface area contributed by atoms with Crippen LogP contribution >= 0.6 is 12.4 Å². The molecule has 3 nitrogen and oxygen atoms in total. The highest BCUT2D eigenvalue weighted by atomic mass is 35.5. The Bertz CT molecular complexity index is 145. The average Bonchev–Trinajstić information content (AvgIpc) is 2.32. The molecule has 1 saturated heterocycles. The molecule has 0 unspecified atom stereocenters. The molecule has 0 aromatic rings. The third kappa shape index (κ3) is 4.48. The van der Waals surface area contributed by atoms with Crippen LogP contribution in [0.2, 0.25) is 0 Å². The van der Waals surface area contributed by atoms with Gasteiger partial charge in [0.05, 0.1) is 6.54 Å². The van der Waals surface area contributed by atoms with E-state index < -0.39 is 0 Å². The van der Waals surface area contributed by atoms with E-state index in [1.54, 1.807) is 0 Å². The number of nitrogens with one attached hydrogen (secondary N) is 1. The van der Waals surface area contributed by atoms with Crippen LogP contribution in [0.25, 0.3) is 0 Å². The smallest absolute Gasteiger partial charge is 0.236 e. The number of nitrogens with zero attached hydrogens (tertiary/aromatic N) is 1. The van der Waals surface area contributed by atoms with Crippen molar-refractivity contribution < 1.29 is 4.79 Å². The average molecular weight is 207 g/mol. The summed E-state index contributed by atoms with van der Waals surface area (Å²) in [5.74, 6) is 0.249. The van der Waals surface area contributed by atoms with Gasteiger partial charge in [-0.05, 0) is 19.9 Å². The number of rotatable bonds is 2. The highest BCUT2D eigenvalue weighted by molar-refractivity contribution is 5.85. The zero-order valence-electron chi connectivity index (χ0n) is 8.21. The fraction of sp³-hybridized carbons (Fsp3) is 0.889. The SMILES string of the molecule is CNCC(=O)N1CCCCCC1.Cl. The van der Waals surface area contributed by atoms with Crippen LogP contribution in [-0.4, -0.2) is 37.5 Å². The first-order valence-corrected chi connectivity index (χ1v) is 4.77. The van der Waals surface area contributed by atoms with Crippen molar-refractivity contribution in [1.29, 1.82) is 0 Å². The second-order valence-corrected chi connectivity index (χ2v) is 3.33. The molecule has 0 bridgehead atoms. The summed E-state index contributed by atoms with van der Waals surface area (Å²) in [7, 11) is 1.82. The van der Waals surface area contributed by atoms with Crippen molar-refractivity contribution in [3.8, 4) is 0 Å². The summed E-state index contributed by atoms with van der Waals surface area (Å²) in [4.78, 5) is 13.4. The van der Waals surface area contributed by atoms with Gasteiger partial charge >= 0.3 is 0 Å². The molecular weight excluding hydrogens is 188 g/mol. The quantitative estimate of drug-likeness (QED) is 0.732. The van der Waals surface area contributed by atoms with Gasteiger partial charge in [0.2, 0.25) is 5.91 Å². The molecule has 0 saturated carbocycles. The van der Waals surface area contributed by atoms with Crippen LogP contribution in [0.3, 0.4) is 0 Å². The van der Waals surface area contributed by atoms with E-state index in [1.807, 2.05) is 11.9 Å². The first-order valence-electron chi connectivity index (χ1n) is 4.77. The number of carbonyl (C=O) groups excluding carboxylic acids is 1. The second kappa shape index (κ2) is 7.15. The number of likely N-dealkylation sites (N-methyl/N-ethyl adjacent to an activating group) is 1. The van der Waals surface area contributed by atoms with Crippen LogP contribution in [0.5, 0.6) is 0 Å². The minimum atomic E-state index is 0. The van der Waals surface area contributed by atoms with E-state index in [0.29, 0.717) is 6.54 Å². The lowest BCUT2D eigenvalue weighted by Crippen LogP contribution is -2.37. The van der Waals surface area contributed by atoms with Crippen LogP contribution in [0.1, 0.15) is 25.7 Å². The normalized spacial score (nSPS) is 17.5. The Labute approximate surface area is 86.3 Å². The van der Waals surface area contributed by atoms with Gasteiger partial charge in [0.1, 0.15) is 0 Å². The van der Waals surface area contributed by atoms with Gasteiger partial charge in [-0.1, -0.05) is 12.8 Å². The van der Waals surface area contributed by atoms with Crippen LogP contribution < -0.4 is 5.32 Å². The van der Waals surface area contributed by atoms with E-state index in [9.17, 15) is 4.79 Å². The molecule has 13 heavy (non-hydrogen) atoms. The maximum absolute atomic E-state index is 11.4. The zero-order chi connectivity index (χ0) is 8.81. The molecule has 4 heteroatoms. The Morgan fingerprint density at radius 2 is 1.77 bits per heavy atom. The number of hydrogen-bond donors (Lipinski definition) is 1. The maximum Gasteiger partial charge on any atom is 0.236 e. The number of likely N-dealkylation sites (tertiary alicyclic amines) is 1. The van der Waals surface area contributed by atoms with E-state index in [2.05, 4.69) is 5.32 Å². The molecule has 78 valence electrons. The van der Waals surface area contributed by atoms with Crippen LogP contribution in [-0.2, 0) is 4.79 Å². The maximum atomic E-state index is 11.4. The van der Waals surface area contributed by atoms with E-state index in [-0.39, 0.29) is 18.3 Å². The Morgan fingerprint density at radius 3 is 2.23 bits per heavy atom. The molecule has 1 N–H and O–H groups in total. The van der Waals surface area contributed by atoms with Gasteiger partial charge in [-0.3, -0.25) is 4.79 Å². The number of hydrogen-bond acceptors (Lipinski definition) is 2. The third-order valence-electron chi connectivity index (χ3n) is 2.29. The Hall–Kier alpha value is -0.280. The highest BCUT2D eigenvalue weighted by Crippen LogP contribution is 2.09. The van der Waals surface area contributed by atoms with Gasteiger partial charge in [0.25, 0.3) is 0 Å². The summed E-state index contributed by atoms with van der Waals surface area (Å²) >= 11 is 0. The molecule has 1 aliphatic heterocycles. The van der Waals surface area contributed by atoms with E-state index in [4.69, 9.17) is 0 Å². The topological polar surface area (TPSA) is 32.3 Å². The van der Waals surface area contributed by atoms with Crippen molar-refractivity contribution in [2.45, 2.75) is 25.7 Å². The monoisotopic (exact) mass is 206 g/mol. The summed E-state index contributed by atoms with van der Waals surface area (Å²) in [5.41, 5.74) is 0. The minimum Gasteiger partial charge on any atom is -0.342 e. The molecule has 0 aromatic heterocycles. The molecule has 0 atom stereocenters. The van der Waals surface area contributed by atoms with Gasteiger partial charge in [0, 0.05) is 13.1 Å². The highest BCUT2D eigenvalue weighted by Gasteiger charge is 2.13. The largest absolute Gasteiger partial charge is 0.342 e. The van der Waals surface area contributed by atoms with Crippen molar-refractivity contribution in [1.82, 2.24) is 10.2 Å². The fourth-order valence-corrected chi connectivity index (χ4v) is 1.58.